The normalized spacial score (nSPS) is 26.8. The molecule has 160 valence electrons. The molecular formula is C22H34N3O3S+. The lowest BCUT2D eigenvalue weighted by atomic mass is 9.75. The van der Waals surface area contributed by atoms with Crippen LogP contribution in [0.4, 0.5) is 0 Å². The van der Waals surface area contributed by atoms with E-state index in [9.17, 15) is 13.2 Å². The molecule has 2 atom stereocenters. The zero-order valence-electron chi connectivity index (χ0n) is 17.3. The predicted octanol–water partition coefficient (Wildman–Crippen LogP) is 0.756. The maximum Gasteiger partial charge on any atom is 0.277 e. The Hall–Kier alpha value is -1.44. The molecular weight excluding hydrogens is 386 g/mol. The van der Waals surface area contributed by atoms with Crippen molar-refractivity contribution >= 4 is 15.9 Å². The van der Waals surface area contributed by atoms with E-state index in [0.29, 0.717) is 38.6 Å². The molecule has 2 heterocycles. The molecule has 2 saturated heterocycles. The van der Waals surface area contributed by atoms with Gasteiger partial charge in [-0.1, -0.05) is 49.6 Å². The summed E-state index contributed by atoms with van der Waals surface area (Å²) in [5.74, 6) is 1.85. The number of hydrogen-bond donors (Lipinski definition) is 1. The summed E-state index contributed by atoms with van der Waals surface area (Å²) in [6.07, 6.45) is 6.46. The van der Waals surface area contributed by atoms with Crippen LogP contribution in [0.1, 0.15) is 37.7 Å². The molecule has 1 aromatic rings. The third kappa shape index (κ3) is 5.19. The second-order valence-electron chi connectivity index (χ2n) is 9.00. The van der Waals surface area contributed by atoms with E-state index in [4.69, 9.17) is 0 Å². The van der Waals surface area contributed by atoms with Crippen LogP contribution in [0, 0.1) is 11.8 Å². The van der Waals surface area contributed by atoms with Gasteiger partial charge < -0.3 is 9.80 Å². The van der Waals surface area contributed by atoms with Crippen molar-refractivity contribution in [2.24, 2.45) is 11.8 Å². The number of rotatable bonds is 5. The Morgan fingerprint density at radius 1 is 0.966 bits per heavy atom. The van der Waals surface area contributed by atoms with E-state index in [2.05, 4.69) is 4.90 Å². The lowest BCUT2D eigenvalue weighted by Crippen LogP contribution is -3.15. The van der Waals surface area contributed by atoms with Crippen LogP contribution < -0.4 is 4.90 Å². The van der Waals surface area contributed by atoms with Crippen LogP contribution in [-0.2, 0) is 20.6 Å². The number of nitrogens with one attached hydrogen (secondary N) is 1. The number of piperazine rings is 1. The summed E-state index contributed by atoms with van der Waals surface area (Å²) in [4.78, 5) is 16.1. The molecule has 1 saturated carbocycles. The molecule has 7 heteroatoms. The number of quaternary nitrogens is 1. The Kier molecular flexibility index (Phi) is 6.56. The number of sulfonamides is 1. The number of likely N-dealkylation sites (tertiary alicyclic amines) is 1. The standard InChI is InChI=1S/C22H33N3O3S/c26-22(24-11-10-20-8-4-5-9-21(20)16-24)17-23-12-14-25(15-13-23)29(27,28)18-19-6-2-1-3-7-19/h1-3,6-7,20-21H,4-5,8-18H2/p+1/t20-,21-/m0/s1. The topological polar surface area (TPSA) is 62.1 Å². The average molecular weight is 421 g/mol. The van der Waals surface area contributed by atoms with Gasteiger partial charge in [-0.2, -0.15) is 4.31 Å². The Labute approximate surface area is 174 Å². The van der Waals surface area contributed by atoms with Crippen molar-refractivity contribution < 1.29 is 18.1 Å². The maximum absolute atomic E-state index is 12.8. The first kappa shape index (κ1) is 20.8. The molecule has 0 unspecified atom stereocenters. The molecule has 1 amide bonds. The summed E-state index contributed by atoms with van der Waals surface area (Å²) in [5.41, 5.74) is 0.823. The molecule has 3 fully saturated rings. The highest BCUT2D eigenvalue weighted by atomic mass is 32.2. The van der Waals surface area contributed by atoms with Gasteiger partial charge in [0.25, 0.3) is 5.91 Å². The van der Waals surface area contributed by atoms with Crippen molar-refractivity contribution in [1.29, 1.82) is 0 Å². The van der Waals surface area contributed by atoms with Gasteiger partial charge in [-0.3, -0.25) is 4.79 Å². The fourth-order valence-corrected chi connectivity index (χ4v) is 6.82. The van der Waals surface area contributed by atoms with Crippen LogP contribution >= 0.6 is 0 Å². The highest BCUT2D eigenvalue weighted by Crippen LogP contribution is 2.35. The first-order chi connectivity index (χ1) is 14.0. The highest BCUT2D eigenvalue weighted by molar-refractivity contribution is 7.88. The molecule has 29 heavy (non-hydrogen) atoms. The Bertz CT molecular complexity index is 791. The van der Waals surface area contributed by atoms with Gasteiger partial charge in [0, 0.05) is 13.1 Å². The summed E-state index contributed by atoms with van der Waals surface area (Å²) in [6, 6.07) is 9.34. The van der Waals surface area contributed by atoms with Gasteiger partial charge in [-0.25, -0.2) is 8.42 Å². The van der Waals surface area contributed by atoms with E-state index in [0.717, 1.165) is 31.0 Å². The highest BCUT2D eigenvalue weighted by Gasteiger charge is 2.35. The van der Waals surface area contributed by atoms with E-state index in [1.54, 1.807) is 4.31 Å². The largest absolute Gasteiger partial charge is 0.338 e. The number of amides is 1. The van der Waals surface area contributed by atoms with Crippen molar-refractivity contribution in [2.75, 3.05) is 45.8 Å². The number of fused-ring (bicyclic) bond motifs is 1. The van der Waals surface area contributed by atoms with E-state index in [-0.39, 0.29) is 11.7 Å². The predicted molar refractivity (Wildman–Crippen MR) is 113 cm³/mol. The van der Waals surface area contributed by atoms with Gasteiger partial charge in [0.2, 0.25) is 10.0 Å². The third-order valence-electron chi connectivity index (χ3n) is 7.06. The third-order valence-corrected chi connectivity index (χ3v) is 8.91. The van der Waals surface area contributed by atoms with Crippen LogP contribution in [0.2, 0.25) is 0 Å². The van der Waals surface area contributed by atoms with Crippen LogP contribution in [0.25, 0.3) is 0 Å². The number of carbonyl (C=O) groups excluding carboxylic acids is 1. The summed E-state index contributed by atoms with van der Waals surface area (Å²) in [6.45, 7) is 4.77. The van der Waals surface area contributed by atoms with Crippen molar-refractivity contribution in [3.8, 4) is 0 Å². The average Bonchev–Trinajstić information content (AvgIpc) is 2.74. The van der Waals surface area contributed by atoms with Crippen molar-refractivity contribution in [3.63, 3.8) is 0 Å². The molecule has 3 aliphatic rings. The van der Waals surface area contributed by atoms with Crippen LogP contribution in [0.15, 0.2) is 30.3 Å². The quantitative estimate of drug-likeness (QED) is 0.765. The minimum Gasteiger partial charge on any atom is -0.338 e. The molecule has 4 rings (SSSR count). The fourth-order valence-electron chi connectivity index (χ4n) is 5.29. The molecule has 0 aromatic heterocycles. The molecule has 1 aromatic carbocycles. The Morgan fingerprint density at radius 2 is 1.66 bits per heavy atom. The number of nitrogens with zero attached hydrogens (tertiary/aromatic N) is 2. The smallest absolute Gasteiger partial charge is 0.277 e. The van der Waals surface area contributed by atoms with E-state index < -0.39 is 10.0 Å². The molecule has 2 aliphatic heterocycles. The van der Waals surface area contributed by atoms with E-state index >= 15 is 0 Å². The Balaban J connectivity index is 1.25. The van der Waals surface area contributed by atoms with Gasteiger partial charge in [0.1, 0.15) is 0 Å². The lowest BCUT2D eigenvalue weighted by molar-refractivity contribution is -0.896. The van der Waals surface area contributed by atoms with Gasteiger partial charge in [0.05, 0.1) is 31.9 Å². The monoisotopic (exact) mass is 420 g/mol. The van der Waals surface area contributed by atoms with E-state index in [1.807, 2.05) is 30.3 Å². The first-order valence-corrected chi connectivity index (χ1v) is 12.8. The number of carbonyl (C=O) groups is 1. The molecule has 0 radical (unpaired) electrons. The van der Waals surface area contributed by atoms with Crippen LogP contribution in [0.5, 0.6) is 0 Å². The van der Waals surface area contributed by atoms with E-state index in [1.165, 1.54) is 30.6 Å². The fraction of sp³-hybridized carbons (Fsp3) is 0.682. The summed E-state index contributed by atoms with van der Waals surface area (Å²) in [7, 11) is -3.30. The number of piperidine rings is 1. The molecule has 6 nitrogen and oxygen atoms in total. The second-order valence-corrected chi connectivity index (χ2v) is 11.0. The number of benzene rings is 1. The zero-order valence-corrected chi connectivity index (χ0v) is 18.1. The lowest BCUT2D eigenvalue weighted by Gasteiger charge is -2.41. The summed E-state index contributed by atoms with van der Waals surface area (Å²) < 4.78 is 27.0. The van der Waals surface area contributed by atoms with Crippen molar-refractivity contribution in [3.05, 3.63) is 35.9 Å². The number of hydrogen-bond acceptors (Lipinski definition) is 3. The second kappa shape index (κ2) is 9.14. The first-order valence-electron chi connectivity index (χ1n) is 11.1. The SMILES string of the molecule is O=C(C[NH+]1CCN(S(=O)(=O)Cc2ccccc2)CC1)N1CC[C@@H]2CCCC[C@H]2C1. The van der Waals surface area contributed by atoms with Crippen LogP contribution in [-0.4, -0.2) is 69.3 Å². The van der Waals surface area contributed by atoms with Crippen LogP contribution in [0.3, 0.4) is 0 Å². The molecule has 0 spiro atoms. The van der Waals surface area contributed by atoms with Gasteiger partial charge >= 0.3 is 0 Å². The van der Waals surface area contributed by atoms with Crippen molar-refractivity contribution in [2.45, 2.75) is 37.9 Å². The maximum atomic E-state index is 12.8. The molecule has 1 N–H and O–H groups in total. The summed E-state index contributed by atoms with van der Waals surface area (Å²) >= 11 is 0. The zero-order chi connectivity index (χ0) is 20.3. The Morgan fingerprint density at radius 3 is 2.38 bits per heavy atom. The van der Waals surface area contributed by atoms with Gasteiger partial charge in [-0.05, 0) is 30.2 Å². The van der Waals surface area contributed by atoms with Crippen molar-refractivity contribution in [1.82, 2.24) is 9.21 Å². The van der Waals surface area contributed by atoms with Gasteiger partial charge in [0.15, 0.2) is 6.54 Å². The minimum absolute atomic E-state index is 0.0540. The molecule has 1 aliphatic carbocycles. The minimum atomic E-state index is -3.30. The summed E-state index contributed by atoms with van der Waals surface area (Å²) in [5, 5.41) is 0. The van der Waals surface area contributed by atoms with Gasteiger partial charge in [-0.15, -0.1) is 0 Å². The molecule has 0 bridgehead atoms.